The van der Waals surface area contributed by atoms with Gasteiger partial charge in [-0.05, 0) is 73.6 Å². The lowest BCUT2D eigenvalue weighted by molar-refractivity contribution is -0.150. The van der Waals surface area contributed by atoms with Gasteiger partial charge in [-0.2, -0.15) is 0 Å². The van der Waals surface area contributed by atoms with Crippen LogP contribution in [0.2, 0.25) is 0 Å². The first-order valence-electron chi connectivity index (χ1n) is 11.0. The fourth-order valence-corrected chi connectivity index (χ4v) is 4.93. The van der Waals surface area contributed by atoms with E-state index >= 15 is 0 Å². The van der Waals surface area contributed by atoms with Crippen LogP contribution in [-0.4, -0.2) is 39.2 Å². The van der Waals surface area contributed by atoms with E-state index in [1.54, 1.807) is 30.3 Å². The molecule has 0 fully saturated rings. The van der Waals surface area contributed by atoms with Gasteiger partial charge in [-0.15, -0.1) is 0 Å². The highest BCUT2D eigenvalue weighted by Gasteiger charge is 2.58. The molecule has 1 heterocycles. The summed E-state index contributed by atoms with van der Waals surface area (Å²) >= 11 is 0. The third kappa shape index (κ3) is 3.60. The Morgan fingerprint density at radius 2 is 1.24 bits per heavy atom. The zero-order valence-corrected chi connectivity index (χ0v) is 20.9. The molecular weight excluding hydrogens is 434 g/mol. The monoisotopic (exact) mass is 465 g/mol. The van der Waals surface area contributed by atoms with Crippen molar-refractivity contribution in [2.75, 3.05) is 21.3 Å². The second-order valence-corrected chi connectivity index (χ2v) is 8.50. The van der Waals surface area contributed by atoms with Crippen molar-refractivity contribution >= 4 is 17.9 Å². The molecule has 0 aliphatic carbocycles. The smallest absolute Gasteiger partial charge is 0.337 e. The van der Waals surface area contributed by atoms with Gasteiger partial charge in [-0.25, -0.2) is 14.4 Å². The Bertz CT molecular complexity index is 1170. The molecule has 180 valence electrons. The molecule has 0 saturated carbocycles. The fraction of sp³-hybridized carbons (Fsp3) is 0.370. The Balaban J connectivity index is 2.51. The molecule has 1 N–H and O–H groups in total. The van der Waals surface area contributed by atoms with Gasteiger partial charge in [-0.1, -0.05) is 30.3 Å². The second kappa shape index (κ2) is 9.43. The fourth-order valence-electron chi connectivity index (χ4n) is 4.93. The molecule has 0 spiro atoms. The van der Waals surface area contributed by atoms with Crippen molar-refractivity contribution in [2.45, 2.75) is 46.2 Å². The van der Waals surface area contributed by atoms with Gasteiger partial charge < -0.3 is 14.2 Å². The minimum absolute atomic E-state index is 0.0254. The standard InChI is InChI=1S/C27H31NO6/c1-14-15(2)17(4)20(18(5)16(14)3)23-21(24(29)32-6)22(25(30)33-7)27(28-23,26(31)34-8)19-12-10-9-11-13-19/h9-13,23,28H,1-8H3/t23-,27-/m0/s1. The van der Waals surface area contributed by atoms with Gasteiger partial charge in [0.25, 0.3) is 0 Å². The molecule has 7 heteroatoms. The van der Waals surface area contributed by atoms with Crippen LogP contribution >= 0.6 is 0 Å². The maximum absolute atomic E-state index is 13.5. The van der Waals surface area contributed by atoms with E-state index in [9.17, 15) is 14.4 Å². The van der Waals surface area contributed by atoms with E-state index < -0.39 is 29.5 Å². The number of nitrogens with one attached hydrogen (secondary N) is 1. The molecule has 0 bridgehead atoms. The van der Waals surface area contributed by atoms with Gasteiger partial charge >= 0.3 is 17.9 Å². The number of carbonyl (C=O) groups excluding carboxylic acids is 3. The highest BCUT2D eigenvalue weighted by Crippen LogP contribution is 2.48. The van der Waals surface area contributed by atoms with Crippen LogP contribution in [0.15, 0.2) is 41.5 Å². The Morgan fingerprint density at radius 1 is 0.735 bits per heavy atom. The first-order chi connectivity index (χ1) is 16.1. The number of carbonyl (C=O) groups is 3. The van der Waals surface area contributed by atoms with E-state index in [0.29, 0.717) is 5.56 Å². The predicted molar refractivity (Wildman–Crippen MR) is 127 cm³/mol. The van der Waals surface area contributed by atoms with Gasteiger partial charge in [0.05, 0.1) is 38.5 Å². The summed E-state index contributed by atoms with van der Waals surface area (Å²) in [6.07, 6.45) is 0. The first-order valence-corrected chi connectivity index (χ1v) is 11.0. The molecule has 0 unspecified atom stereocenters. The molecule has 1 aliphatic heterocycles. The topological polar surface area (TPSA) is 90.9 Å². The molecule has 34 heavy (non-hydrogen) atoms. The van der Waals surface area contributed by atoms with E-state index in [-0.39, 0.29) is 11.1 Å². The van der Waals surface area contributed by atoms with Crippen LogP contribution in [-0.2, 0) is 34.1 Å². The lowest BCUT2D eigenvalue weighted by Gasteiger charge is -2.31. The van der Waals surface area contributed by atoms with Crippen molar-refractivity contribution in [3.63, 3.8) is 0 Å². The lowest BCUT2D eigenvalue weighted by Crippen LogP contribution is -2.50. The first kappa shape index (κ1) is 25.2. The van der Waals surface area contributed by atoms with E-state index in [4.69, 9.17) is 14.2 Å². The summed E-state index contributed by atoms with van der Waals surface area (Å²) in [6.45, 7) is 10.0. The molecule has 2 aromatic carbocycles. The average molecular weight is 466 g/mol. The molecule has 1 aliphatic rings. The highest BCUT2D eigenvalue weighted by atomic mass is 16.5. The Labute approximate surface area is 200 Å². The lowest BCUT2D eigenvalue weighted by atomic mass is 9.82. The van der Waals surface area contributed by atoms with Crippen LogP contribution < -0.4 is 5.32 Å². The third-order valence-electron chi connectivity index (χ3n) is 7.13. The predicted octanol–water partition coefficient (Wildman–Crippen LogP) is 3.58. The molecule has 0 amide bonds. The second-order valence-electron chi connectivity index (χ2n) is 8.50. The summed E-state index contributed by atoms with van der Waals surface area (Å²) in [5, 5.41) is 3.32. The van der Waals surface area contributed by atoms with Crippen molar-refractivity contribution in [3.8, 4) is 0 Å². The SMILES string of the molecule is COC(=O)C1=C(C(=O)OC)[C@](C(=O)OC)(c2ccccc2)N[C@H]1c1c(C)c(C)c(C)c(C)c1C. The average Bonchev–Trinajstić information content (AvgIpc) is 3.22. The van der Waals surface area contributed by atoms with E-state index in [0.717, 1.165) is 33.4 Å². The van der Waals surface area contributed by atoms with Crippen LogP contribution in [0, 0.1) is 34.6 Å². The minimum atomic E-state index is -1.77. The molecule has 0 saturated heterocycles. The van der Waals surface area contributed by atoms with Gasteiger partial charge in [0.15, 0.2) is 5.54 Å². The molecular formula is C27H31NO6. The molecule has 7 nitrogen and oxygen atoms in total. The highest BCUT2D eigenvalue weighted by molar-refractivity contribution is 6.10. The van der Waals surface area contributed by atoms with Crippen molar-refractivity contribution in [3.05, 3.63) is 80.4 Å². The molecule has 0 aromatic heterocycles. The molecule has 3 rings (SSSR count). The summed E-state index contributed by atoms with van der Waals surface area (Å²) in [5.41, 5.74) is 4.56. The summed E-state index contributed by atoms with van der Waals surface area (Å²) in [6, 6.07) is 7.88. The summed E-state index contributed by atoms with van der Waals surface area (Å²) in [7, 11) is 3.69. The Hall–Kier alpha value is -3.45. The zero-order valence-electron chi connectivity index (χ0n) is 20.9. The van der Waals surface area contributed by atoms with Crippen molar-refractivity contribution in [2.24, 2.45) is 0 Å². The Kier molecular flexibility index (Phi) is 6.98. The largest absolute Gasteiger partial charge is 0.467 e. The van der Waals surface area contributed by atoms with Crippen LogP contribution in [0.4, 0.5) is 0 Å². The molecule has 2 atom stereocenters. The van der Waals surface area contributed by atoms with Crippen LogP contribution in [0.1, 0.15) is 45.0 Å². The van der Waals surface area contributed by atoms with Gasteiger partial charge in [0.1, 0.15) is 0 Å². The van der Waals surface area contributed by atoms with E-state index in [1.807, 2.05) is 27.7 Å². The summed E-state index contributed by atoms with van der Waals surface area (Å²) in [4.78, 5) is 40.0. The van der Waals surface area contributed by atoms with Crippen LogP contribution in [0.3, 0.4) is 0 Å². The maximum atomic E-state index is 13.5. The Morgan fingerprint density at radius 3 is 1.71 bits per heavy atom. The van der Waals surface area contributed by atoms with Crippen LogP contribution in [0.5, 0.6) is 0 Å². The van der Waals surface area contributed by atoms with E-state index in [1.165, 1.54) is 21.3 Å². The van der Waals surface area contributed by atoms with Crippen molar-refractivity contribution in [1.82, 2.24) is 5.32 Å². The van der Waals surface area contributed by atoms with Crippen molar-refractivity contribution < 1.29 is 28.6 Å². The number of hydrogen-bond acceptors (Lipinski definition) is 7. The van der Waals surface area contributed by atoms with Gasteiger partial charge in [-0.3, -0.25) is 5.32 Å². The third-order valence-corrected chi connectivity index (χ3v) is 7.13. The minimum Gasteiger partial charge on any atom is -0.467 e. The molecule has 2 aromatic rings. The maximum Gasteiger partial charge on any atom is 0.337 e. The quantitative estimate of drug-likeness (QED) is 0.533. The normalized spacial score (nSPS) is 19.7. The summed E-state index contributed by atoms with van der Waals surface area (Å²) in [5.74, 6) is -2.28. The van der Waals surface area contributed by atoms with E-state index in [2.05, 4.69) is 12.2 Å². The number of ether oxygens (including phenoxy) is 3. The number of hydrogen-bond donors (Lipinski definition) is 1. The van der Waals surface area contributed by atoms with Crippen molar-refractivity contribution in [1.29, 1.82) is 0 Å². The van der Waals surface area contributed by atoms with Crippen LogP contribution in [0.25, 0.3) is 0 Å². The summed E-state index contributed by atoms with van der Waals surface area (Å²) < 4.78 is 15.4. The zero-order chi connectivity index (χ0) is 25.4. The van der Waals surface area contributed by atoms with Gasteiger partial charge in [0, 0.05) is 0 Å². The number of rotatable bonds is 5. The number of methoxy groups -OCH3 is 3. The number of esters is 3. The number of benzene rings is 2. The van der Waals surface area contributed by atoms with Gasteiger partial charge in [0.2, 0.25) is 0 Å². The molecule has 0 radical (unpaired) electrons.